The SMILES string of the molecule is C[C@H](c1ccccc1)[NH+]1CNc2c(c(=O)[nH]c(=O)n2-c2ccccc2)C1. The molecule has 2 aromatic carbocycles. The number of nitrogens with one attached hydrogen (secondary N) is 3. The molecule has 1 aliphatic heterocycles. The van der Waals surface area contributed by atoms with Crippen LogP contribution in [0, 0.1) is 0 Å². The van der Waals surface area contributed by atoms with E-state index >= 15 is 0 Å². The summed E-state index contributed by atoms with van der Waals surface area (Å²) in [6, 6.07) is 19.8. The highest BCUT2D eigenvalue weighted by atomic mass is 16.2. The normalized spacial score (nSPS) is 17.2. The molecule has 2 atom stereocenters. The van der Waals surface area contributed by atoms with Crippen molar-refractivity contribution >= 4 is 5.82 Å². The number of para-hydroxylation sites is 1. The van der Waals surface area contributed by atoms with Crippen molar-refractivity contribution in [2.24, 2.45) is 0 Å². The van der Waals surface area contributed by atoms with Gasteiger partial charge in [-0.05, 0) is 19.1 Å². The van der Waals surface area contributed by atoms with Gasteiger partial charge in [-0.1, -0.05) is 48.5 Å². The van der Waals surface area contributed by atoms with Crippen molar-refractivity contribution in [1.82, 2.24) is 9.55 Å². The summed E-state index contributed by atoms with van der Waals surface area (Å²) in [6.07, 6.45) is 0. The summed E-state index contributed by atoms with van der Waals surface area (Å²) < 4.78 is 1.54. The van der Waals surface area contributed by atoms with Gasteiger partial charge in [-0.25, -0.2) is 9.36 Å². The largest absolute Gasteiger partial charge is 0.334 e. The molecule has 6 heteroatoms. The maximum atomic E-state index is 12.5. The van der Waals surface area contributed by atoms with Gasteiger partial charge in [0.15, 0.2) is 6.67 Å². The monoisotopic (exact) mass is 349 g/mol. The minimum absolute atomic E-state index is 0.230. The Morgan fingerprint density at radius 1 is 1.00 bits per heavy atom. The zero-order valence-corrected chi connectivity index (χ0v) is 14.5. The highest BCUT2D eigenvalue weighted by Gasteiger charge is 2.29. The Bertz CT molecular complexity index is 1030. The molecule has 0 spiro atoms. The first-order valence-electron chi connectivity index (χ1n) is 8.72. The van der Waals surface area contributed by atoms with Crippen LogP contribution in [0.1, 0.15) is 24.1 Å². The summed E-state index contributed by atoms with van der Waals surface area (Å²) >= 11 is 0. The van der Waals surface area contributed by atoms with E-state index in [1.54, 1.807) is 4.57 Å². The molecule has 0 fully saturated rings. The lowest BCUT2D eigenvalue weighted by atomic mass is 10.1. The Balaban J connectivity index is 1.75. The quantitative estimate of drug-likeness (QED) is 0.662. The standard InChI is InChI=1S/C20H20N4O2/c1-14(15-8-4-2-5-9-15)23-12-17-18(21-13-23)24(20(26)22-19(17)25)16-10-6-3-7-11-16/h2-11,14,21H,12-13H2,1H3,(H,22,25,26)/p+1/t14-/m1/s1. The van der Waals surface area contributed by atoms with E-state index in [-0.39, 0.29) is 11.6 Å². The number of H-pyrrole nitrogens is 1. The smallest absolute Gasteiger partial charge is 0.324 e. The van der Waals surface area contributed by atoms with Gasteiger partial charge in [0.05, 0.1) is 5.69 Å². The second kappa shape index (κ2) is 6.65. The number of aromatic nitrogens is 2. The van der Waals surface area contributed by atoms with Crippen LogP contribution in [-0.2, 0) is 6.54 Å². The zero-order chi connectivity index (χ0) is 18.1. The molecule has 0 amide bonds. The van der Waals surface area contributed by atoms with Crippen molar-refractivity contribution in [2.45, 2.75) is 19.5 Å². The maximum absolute atomic E-state index is 12.5. The van der Waals surface area contributed by atoms with E-state index in [9.17, 15) is 9.59 Å². The van der Waals surface area contributed by atoms with E-state index in [1.165, 1.54) is 10.5 Å². The molecular weight excluding hydrogens is 328 g/mol. The molecule has 1 aromatic heterocycles. The second-order valence-corrected chi connectivity index (χ2v) is 6.58. The molecule has 1 aliphatic rings. The topological polar surface area (TPSA) is 71.3 Å². The van der Waals surface area contributed by atoms with Crippen LogP contribution in [0.25, 0.3) is 5.69 Å². The van der Waals surface area contributed by atoms with Crippen LogP contribution in [0.3, 0.4) is 0 Å². The lowest BCUT2D eigenvalue weighted by Gasteiger charge is -2.32. The number of hydrogen-bond acceptors (Lipinski definition) is 3. The lowest BCUT2D eigenvalue weighted by molar-refractivity contribution is -0.941. The Morgan fingerprint density at radius 3 is 2.35 bits per heavy atom. The van der Waals surface area contributed by atoms with Gasteiger partial charge in [0, 0.05) is 5.56 Å². The van der Waals surface area contributed by atoms with Gasteiger partial charge < -0.3 is 10.2 Å². The van der Waals surface area contributed by atoms with E-state index in [4.69, 9.17) is 0 Å². The van der Waals surface area contributed by atoms with E-state index in [0.717, 1.165) is 5.69 Å². The Kier molecular flexibility index (Phi) is 4.18. The molecule has 26 heavy (non-hydrogen) atoms. The van der Waals surface area contributed by atoms with E-state index in [0.29, 0.717) is 24.6 Å². The predicted molar refractivity (Wildman–Crippen MR) is 101 cm³/mol. The average Bonchev–Trinajstić information content (AvgIpc) is 2.69. The third-order valence-corrected chi connectivity index (χ3v) is 5.02. The molecule has 1 unspecified atom stereocenters. The molecule has 4 rings (SSSR count). The van der Waals surface area contributed by atoms with Crippen molar-refractivity contribution in [3.63, 3.8) is 0 Å². The first-order valence-corrected chi connectivity index (χ1v) is 8.72. The van der Waals surface area contributed by atoms with Crippen LogP contribution in [0.5, 0.6) is 0 Å². The molecule has 0 saturated carbocycles. The van der Waals surface area contributed by atoms with Gasteiger partial charge in [-0.2, -0.15) is 0 Å². The maximum Gasteiger partial charge on any atom is 0.334 e. The number of hydrogen-bond donors (Lipinski definition) is 3. The summed E-state index contributed by atoms with van der Waals surface area (Å²) in [6.45, 7) is 3.35. The fourth-order valence-corrected chi connectivity index (χ4v) is 3.52. The summed E-state index contributed by atoms with van der Waals surface area (Å²) in [5.41, 5.74) is 1.82. The van der Waals surface area contributed by atoms with Crippen LogP contribution in [0.2, 0.25) is 0 Å². The minimum Gasteiger partial charge on any atom is -0.324 e. The molecule has 3 aromatic rings. The molecule has 0 bridgehead atoms. The number of nitrogens with zero attached hydrogens (tertiary/aromatic N) is 1. The summed E-state index contributed by atoms with van der Waals surface area (Å²) in [5.74, 6) is 0.592. The Morgan fingerprint density at radius 2 is 1.65 bits per heavy atom. The third kappa shape index (κ3) is 2.84. The first-order chi connectivity index (χ1) is 12.6. The number of rotatable bonds is 3. The van der Waals surface area contributed by atoms with Crippen molar-refractivity contribution in [1.29, 1.82) is 0 Å². The molecule has 0 saturated heterocycles. The highest BCUT2D eigenvalue weighted by molar-refractivity contribution is 5.50. The molecule has 0 radical (unpaired) electrons. The van der Waals surface area contributed by atoms with E-state index in [2.05, 4.69) is 29.4 Å². The van der Waals surface area contributed by atoms with Crippen LogP contribution >= 0.6 is 0 Å². The first kappa shape index (κ1) is 16.4. The Hall–Kier alpha value is -3.12. The average molecular weight is 349 g/mol. The number of anilines is 1. The lowest BCUT2D eigenvalue weighted by Crippen LogP contribution is -3.12. The molecule has 0 aliphatic carbocycles. The Labute approximate surface area is 150 Å². The van der Waals surface area contributed by atoms with Crippen molar-refractivity contribution in [3.8, 4) is 5.69 Å². The number of quaternary nitrogens is 1. The second-order valence-electron chi connectivity index (χ2n) is 6.58. The third-order valence-electron chi connectivity index (χ3n) is 5.02. The number of fused-ring (bicyclic) bond motifs is 1. The zero-order valence-electron chi connectivity index (χ0n) is 14.5. The van der Waals surface area contributed by atoms with E-state index in [1.807, 2.05) is 48.5 Å². The van der Waals surface area contributed by atoms with E-state index < -0.39 is 5.69 Å². The minimum atomic E-state index is -0.424. The molecular formula is C20H21N4O2+. The number of aromatic amines is 1. The van der Waals surface area contributed by atoms with Crippen LogP contribution in [0.4, 0.5) is 5.82 Å². The highest BCUT2D eigenvalue weighted by Crippen LogP contribution is 2.17. The molecule has 132 valence electrons. The summed E-state index contributed by atoms with van der Waals surface area (Å²) in [7, 11) is 0. The van der Waals surface area contributed by atoms with Gasteiger partial charge in [-0.3, -0.25) is 9.78 Å². The van der Waals surface area contributed by atoms with Crippen molar-refractivity contribution in [3.05, 3.63) is 92.6 Å². The summed E-state index contributed by atoms with van der Waals surface area (Å²) in [5, 5.41) is 3.32. The van der Waals surface area contributed by atoms with Crippen LogP contribution in [-0.4, -0.2) is 16.2 Å². The van der Waals surface area contributed by atoms with Gasteiger partial charge in [-0.15, -0.1) is 0 Å². The summed E-state index contributed by atoms with van der Waals surface area (Å²) in [4.78, 5) is 28.6. The van der Waals surface area contributed by atoms with Crippen molar-refractivity contribution in [2.75, 3.05) is 12.0 Å². The predicted octanol–water partition coefficient (Wildman–Crippen LogP) is 1.05. The number of benzene rings is 2. The van der Waals surface area contributed by atoms with Crippen LogP contribution in [0.15, 0.2) is 70.3 Å². The fourth-order valence-electron chi connectivity index (χ4n) is 3.52. The molecule has 3 N–H and O–H groups in total. The molecule has 2 heterocycles. The van der Waals surface area contributed by atoms with Gasteiger partial charge in [0.2, 0.25) is 0 Å². The molecule has 6 nitrogen and oxygen atoms in total. The fraction of sp³-hybridized carbons (Fsp3) is 0.200. The van der Waals surface area contributed by atoms with Gasteiger partial charge >= 0.3 is 5.69 Å². The van der Waals surface area contributed by atoms with Crippen molar-refractivity contribution < 1.29 is 4.90 Å². The van der Waals surface area contributed by atoms with Crippen LogP contribution < -0.4 is 21.5 Å². The van der Waals surface area contributed by atoms with Gasteiger partial charge in [0.1, 0.15) is 24.0 Å². The van der Waals surface area contributed by atoms with Gasteiger partial charge in [0.25, 0.3) is 5.56 Å².